The fourth-order valence-corrected chi connectivity index (χ4v) is 4.18. The monoisotopic (exact) mass is 400 g/mol. The van der Waals surface area contributed by atoms with E-state index in [4.69, 9.17) is 4.74 Å². The first-order valence-electron chi connectivity index (χ1n) is 9.77. The van der Waals surface area contributed by atoms with Gasteiger partial charge >= 0.3 is 0 Å². The predicted octanol–water partition coefficient (Wildman–Crippen LogP) is 4.93. The molecule has 0 radical (unpaired) electrons. The van der Waals surface area contributed by atoms with E-state index in [0.717, 1.165) is 41.9 Å². The minimum atomic E-state index is -0.354. The van der Waals surface area contributed by atoms with Gasteiger partial charge in [0.15, 0.2) is 0 Å². The number of aromatic amines is 1. The van der Waals surface area contributed by atoms with Crippen LogP contribution in [0.3, 0.4) is 0 Å². The van der Waals surface area contributed by atoms with Crippen molar-refractivity contribution in [1.82, 2.24) is 9.97 Å². The number of methoxy groups -OCH3 is 1. The molecule has 1 aliphatic heterocycles. The number of nitrogens with zero attached hydrogens (tertiary/aromatic N) is 3. The van der Waals surface area contributed by atoms with Gasteiger partial charge in [0.05, 0.1) is 23.1 Å². The fraction of sp³-hybridized carbons (Fsp3) is 0.174. The van der Waals surface area contributed by atoms with Crippen LogP contribution >= 0.6 is 0 Å². The molecule has 0 bridgehead atoms. The summed E-state index contributed by atoms with van der Waals surface area (Å²) in [5.41, 5.74) is 5.23. The Morgan fingerprint density at radius 3 is 2.87 bits per heavy atom. The number of aromatic nitrogens is 2. The molecule has 4 aromatic rings. The van der Waals surface area contributed by atoms with E-state index in [-0.39, 0.29) is 10.6 Å². The second-order valence-electron chi connectivity index (χ2n) is 7.30. The summed E-state index contributed by atoms with van der Waals surface area (Å²) >= 11 is 0. The first kappa shape index (κ1) is 18.2. The van der Waals surface area contributed by atoms with E-state index in [1.54, 1.807) is 31.5 Å². The van der Waals surface area contributed by atoms with E-state index < -0.39 is 0 Å². The van der Waals surface area contributed by atoms with Crippen molar-refractivity contribution in [2.45, 2.75) is 6.42 Å². The number of non-ortho nitro benzene ring substituents is 1. The van der Waals surface area contributed by atoms with Crippen LogP contribution in [0.4, 0.5) is 11.4 Å². The highest BCUT2D eigenvalue weighted by atomic mass is 16.6. The summed E-state index contributed by atoms with van der Waals surface area (Å²) in [6.07, 6.45) is 6.83. The number of nitro benzene ring substituents is 1. The van der Waals surface area contributed by atoms with Gasteiger partial charge in [0.25, 0.3) is 5.69 Å². The maximum Gasteiger partial charge on any atom is 0.278 e. The molecule has 7 nitrogen and oxygen atoms in total. The molecular formula is C23H20N4O3. The standard InChI is InChI=1S/C23H20N4O3/c1-30-16-4-5-20-18(13-16)19(14-25-20)15-8-11-26(12-9-15)22-7-6-21(27(28)29)17-3-2-10-24-23(17)22/h2-8,10,13-14,25H,9,11-12H2,1H3. The Morgan fingerprint density at radius 1 is 1.20 bits per heavy atom. The van der Waals surface area contributed by atoms with Gasteiger partial charge in [-0.05, 0) is 48.4 Å². The number of ether oxygens (including phenoxy) is 1. The molecule has 150 valence electrons. The van der Waals surface area contributed by atoms with E-state index in [2.05, 4.69) is 33.2 Å². The van der Waals surface area contributed by atoms with E-state index in [9.17, 15) is 10.1 Å². The van der Waals surface area contributed by atoms with Crippen molar-refractivity contribution < 1.29 is 9.66 Å². The number of rotatable bonds is 4. The lowest BCUT2D eigenvalue weighted by atomic mass is 9.98. The lowest BCUT2D eigenvalue weighted by Crippen LogP contribution is -2.28. The lowest BCUT2D eigenvalue weighted by molar-refractivity contribution is -0.383. The number of fused-ring (bicyclic) bond motifs is 2. The highest BCUT2D eigenvalue weighted by Gasteiger charge is 2.21. The van der Waals surface area contributed by atoms with Gasteiger partial charge in [0.2, 0.25) is 0 Å². The van der Waals surface area contributed by atoms with Gasteiger partial charge in [0.1, 0.15) is 11.3 Å². The number of anilines is 1. The van der Waals surface area contributed by atoms with Crippen LogP contribution < -0.4 is 9.64 Å². The summed E-state index contributed by atoms with van der Waals surface area (Å²) in [4.78, 5) is 21.0. The number of benzene rings is 2. The Morgan fingerprint density at radius 2 is 2.10 bits per heavy atom. The zero-order valence-corrected chi connectivity index (χ0v) is 16.5. The third-order valence-electron chi connectivity index (χ3n) is 5.71. The molecule has 2 aromatic carbocycles. The fourth-order valence-electron chi connectivity index (χ4n) is 4.18. The molecule has 0 unspecified atom stereocenters. The van der Waals surface area contributed by atoms with E-state index in [1.165, 1.54) is 11.1 Å². The molecule has 5 rings (SSSR count). The molecular weight excluding hydrogens is 380 g/mol. The SMILES string of the molecule is COc1ccc2[nH]cc(C3=CCN(c4ccc([N+](=O)[O-])c5cccnc45)CC3)c2c1. The summed E-state index contributed by atoms with van der Waals surface area (Å²) in [7, 11) is 1.67. The summed E-state index contributed by atoms with van der Waals surface area (Å²) in [6, 6.07) is 12.9. The molecule has 0 spiro atoms. The van der Waals surface area contributed by atoms with Crippen LogP contribution in [0.2, 0.25) is 0 Å². The van der Waals surface area contributed by atoms with Gasteiger partial charge in [0, 0.05) is 48.0 Å². The van der Waals surface area contributed by atoms with Crippen molar-refractivity contribution in [2.75, 3.05) is 25.1 Å². The van der Waals surface area contributed by atoms with Crippen LogP contribution in [0.5, 0.6) is 5.75 Å². The van der Waals surface area contributed by atoms with Gasteiger partial charge < -0.3 is 14.6 Å². The van der Waals surface area contributed by atoms with Gasteiger partial charge in [-0.3, -0.25) is 15.1 Å². The quantitative estimate of drug-likeness (QED) is 0.388. The van der Waals surface area contributed by atoms with Crippen molar-refractivity contribution in [3.63, 3.8) is 0 Å². The maximum atomic E-state index is 11.4. The van der Waals surface area contributed by atoms with Crippen LogP contribution in [0.25, 0.3) is 27.4 Å². The summed E-state index contributed by atoms with van der Waals surface area (Å²) in [5.74, 6) is 0.838. The highest BCUT2D eigenvalue weighted by molar-refractivity contribution is 5.98. The van der Waals surface area contributed by atoms with E-state index in [0.29, 0.717) is 10.9 Å². The van der Waals surface area contributed by atoms with Crippen LogP contribution in [-0.2, 0) is 0 Å². The van der Waals surface area contributed by atoms with Crippen molar-refractivity contribution in [1.29, 1.82) is 0 Å². The number of nitro groups is 1. The molecule has 0 saturated heterocycles. The molecule has 7 heteroatoms. The second-order valence-corrected chi connectivity index (χ2v) is 7.30. The zero-order chi connectivity index (χ0) is 20.7. The third-order valence-corrected chi connectivity index (χ3v) is 5.71. The molecule has 1 N–H and O–H groups in total. The molecule has 0 atom stereocenters. The van der Waals surface area contributed by atoms with Crippen LogP contribution in [0.15, 0.2) is 60.9 Å². The smallest absolute Gasteiger partial charge is 0.278 e. The van der Waals surface area contributed by atoms with Crippen molar-refractivity contribution in [2.24, 2.45) is 0 Å². The van der Waals surface area contributed by atoms with Gasteiger partial charge in [-0.1, -0.05) is 6.08 Å². The lowest BCUT2D eigenvalue weighted by Gasteiger charge is -2.29. The molecule has 0 fully saturated rings. The highest BCUT2D eigenvalue weighted by Crippen LogP contribution is 2.36. The second kappa shape index (κ2) is 7.18. The molecule has 3 heterocycles. The van der Waals surface area contributed by atoms with Gasteiger partial charge in [-0.2, -0.15) is 0 Å². The Balaban J connectivity index is 1.49. The predicted molar refractivity (Wildman–Crippen MR) is 118 cm³/mol. The largest absolute Gasteiger partial charge is 0.497 e. The maximum absolute atomic E-state index is 11.4. The Bertz CT molecular complexity index is 1310. The number of hydrogen-bond donors (Lipinski definition) is 1. The van der Waals surface area contributed by atoms with Crippen molar-refractivity contribution >= 4 is 38.8 Å². The summed E-state index contributed by atoms with van der Waals surface area (Å²) < 4.78 is 5.38. The van der Waals surface area contributed by atoms with Crippen LogP contribution in [0, 0.1) is 10.1 Å². The molecule has 0 aliphatic carbocycles. The average molecular weight is 400 g/mol. The van der Waals surface area contributed by atoms with E-state index in [1.807, 2.05) is 18.2 Å². The Labute approximate surface area is 172 Å². The number of pyridine rings is 1. The molecule has 0 amide bonds. The normalized spacial score (nSPS) is 14.2. The Hall–Kier alpha value is -3.87. The number of H-pyrrole nitrogens is 1. The number of hydrogen-bond acceptors (Lipinski definition) is 5. The first-order valence-corrected chi connectivity index (χ1v) is 9.77. The van der Waals surface area contributed by atoms with Crippen LogP contribution in [0.1, 0.15) is 12.0 Å². The molecule has 30 heavy (non-hydrogen) atoms. The summed E-state index contributed by atoms with van der Waals surface area (Å²) in [6.45, 7) is 1.53. The van der Waals surface area contributed by atoms with Gasteiger partial charge in [-0.15, -0.1) is 0 Å². The summed E-state index contributed by atoms with van der Waals surface area (Å²) in [5, 5.41) is 13.1. The first-order chi connectivity index (χ1) is 14.7. The van der Waals surface area contributed by atoms with Gasteiger partial charge in [-0.25, -0.2) is 0 Å². The molecule has 0 saturated carbocycles. The molecule has 2 aromatic heterocycles. The van der Waals surface area contributed by atoms with E-state index >= 15 is 0 Å². The molecule has 1 aliphatic rings. The zero-order valence-electron chi connectivity index (χ0n) is 16.5. The average Bonchev–Trinajstić information content (AvgIpc) is 3.21. The number of nitrogens with one attached hydrogen (secondary N) is 1. The minimum absolute atomic E-state index is 0.0860. The minimum Gasteiger partial charge on any atom is -0.497 e. The van der Waals surface area contributed by atoms with Crippen molar-refractivity contribution in [3.05, 3.63) is 76.6 Å². The Kier molecular flexibility index (Phi) is 4.35. The van der Waals surface area contributed by atoms with Crippen molar-refractivity contribution in [3.8, 4) is 5.75 Å². The third kappa shape index (κ3) is 2.95. The van der Waals surface area contributed by atoms with Crippen LogP contribution in [-0.4, -0.2) is 35.1 Å². The topological polar surface area (TPSA) is 84.3 Å².